The van der Waals surface area contributed by atoms with Gasteiger partial charge < -0.3 is 10.1 Å². The summed E-state index contributed by atoms with van der Waals surface area (Å²) >= 11 is 0. The van der Waals surface area contributed by atoms with Gasteiger partial charge in [0.15, 0.2) is 5.69 Å². The number of rotatable bonds is 5. The third-order valence-electron chi connectivity index (χ3n) is 2.81. The Hall–Kier alpha value is -2.70. The zero-order valence-corrected chi connectivity index (χ0v) is 12.3. The summed E-state index contributed by atoms with van der Waals surface area (Å²) in [6, 6.07) is 6.69. The third kappa shape index (κ3) is 3.30. The number of nitrogens with one attached hydrogen (secondary N) is 1. The molecule has 0 saturated heterocycles. The van der Waals surface area contributed by atoms with E-state index in [1.807, 2.05) is 0 Å². The first-order chi connectivity index (χ1) is 10.6. The Morgan fingerprint density at radius 1 is 1.32 bits per heavy atom. The van der Waals surface area contributed by atoms with Crippen LogP contribution >= 0.6 is 0 Å². The number of carbonyl (C=O) groups excluding carboxylic acids is 1. The minimum absolute atomic E-state index is 0.187. The first kappa shape index (κ1) is 15.7. The van der Waals surface area contributed by atoms with Crippen molar-refractivity contribution in [2.45, 2.75) is 13.8 Å². The lowest BCUT2D eigenvalue weighted by Crippen LogP contribution is -2.31. The van der Waals surface area contributed by atoms with Crippen LogP contribution < -0.4 is 15.5 Å². The van der Waals surface area contributed by atoms with Crippen LogP contribution in [0.1, 0.15) is 24.3 Å². The van der Waals surface area contributed by atoms with Crippen LogP contribution in [-0.4, -0.2) is 28.8 Å². The van der Waals surface area contributed by atoms with Crippen molar-refractivity contribution in [2.75, 3.05) is 13.2 Å². The maximum absolute atomic E-state index is 13.0. The SMILES string of the molecule is CCNC(=O)c1nn(-c2ccc(F)cc2)c(OCC)cc1=O. The van der Waals surface area contributed by atoms with Gasteiger partial charge in [0, 0.05) is 6.54 Å². The first-order valence-corrected chi connectivity index (χ1v) is 6.88. The van der Waals surface area contributed by atoms with Crippen molar-refractivity contribution in [3.05, 3.63) is 52.1 Å². The van der Waals surface area contributed by atoms with Crippen molar-refractivity contribution < 1.29 is 13.9 Å². The Balaban J connectivity index is 2.58. The maximum atomic E-state index is 13.0. The number of halogens is 1. The quantitative estimate of drug-likeness (QED) is 0.909. The van der Waals surface area contributed by atoms with Crippen molar-refractivity contribution in [3.63, 3.8) is 0 Å². The van der Waals surface area contributed by atoms with Gasteiger partial charge in [-0.15, -0.1) is 0 Å². The molecule has 1 aromatic carbocycles. The van der Waals surface area contributed by atoms with Gasteiger partial charge in [-0.05, 0) is 38.1 Å². The molecule has 6 nitrogen and oxygen atoms in total. The molecule has 7 heteroatoms. The fourth-order valence-electron chi connectivity index (χ4n) is 1.86. The second-order valence-corrected chi connectivity index (χ2v) is 4.38. The molecule has 1 N–H and O–H groups in total. The van der Waals surface area contributed by atoms with E-state index in [4.69, 9.17) is 4.74 Å². The molecule has 0 unspecified atom stereocenters. The number of amides is 1. The van der Waals surface area contributed by atoms with E-state index in [1.165, 1.54) is 35.0 Å². The summed E-state index contributed by atoms with van der Waals surface area (Å²) in [5.74, 6) is -0.773. The number of hydrogen-bond donors (Lipinski definition) is 1. The molecule has 116 valence electrons. The summed E-state index contributed by atoms with van der Waals surface area (Å²) in [5, 5.41) is 6.58. The van der Waals surface area contributed by atoms with Crippen LogP contribution in [0.4, 0.5) is 4.39 Å². The number of carbonyl (C=O) groups is 1. The molecule has 1 aromatic heterocycles. The van der Waals surface area contributed by atoms with Gasteiger partial charge in [0.25, 0.3) is 5.91 Å². The normalized spacial score (nSPS) is 10.3. The van der Waals surface area contributed by atoms with Crippen molar-refractivity contribution in [1.82, 2.24) is 15.1 Å². The molecule has 0 aliphatic carbocycles. The molecule has 2 rings (SSSR count). The molecule has 0 saturated carbocycles. The molecule has 0 aliphatic rings. The van der Waals surface area contributed by atoms with E-state index < -0.39 is 17.2 Å². The van der Waals surface area contributed by atoms with Crippen LogP contribution in [0.25, 0.3) is 5.69 Å². The molecule has 0 radical (unpaired) electrons. The molecule has 2 aromatic rings. The van der Waals surface area contributed by atoms with Gasteiger partial charge in [0.05, 0.1) is 18.4 Å². The summed E-state index contributed by atoms with van der Waals surface area (Å²) in [6.45, 7) is 4.20. The molecule has 0 bridgehead atoms. The average Bonchev–Trinajstić information content (AvgIpc) is 2.49. The molecular formula is C15H16FN3O3. The lowest BCUT2D eigenvalue weighted by molar-refractivity contribution is 0.0947. The standard InChI is InChI=1S/C15H16FN3O3/c1-3-17-15(21)14-12(20)9-13(22-4-2)19(18-14)11-7-5-10(16)6-8-11/h5-9H,3-4H2,1-2H3,(H,17,21). The number of benzene rings is 1. The van der Waals surface area contributed by atoms with Gasteiger partial charge in [-0.2, -0.15) is 5.10 Å². The largest absolute Gasteiger partial charge is 0.478 e. The van der Waals surface area contributed by atoms with E-state index in [0.717, 1.165) is 0 Å². The zero-order valence-electron chi connectivity index (χ0n) is 12.3. The highest BCUT2D eigenvalue weighted by atomic mass is 19.1. The van der Waals surface area contributed by atoms with Crippen LogP contribution in [0, 0.1) is 5.82 Å². The Kier molecular flexibility index (Phi) is 4.88. The Bertz CT molecular complexity index is 726. The predicted octanol–water partition coefficient (Wildman–Crippen LogP) is 1.52. The van der Waals surface area contributed by atoms with E-state index in [9.17, 15) is 14.0 Å². The van der Waals surface area contributed by atoms with Gasteiger partial charge >= 0.3 is 0 Å². The van der Waals surface area contributed by atoms with Gasteiger partial charge in [0.1, 0.15) is 5.82 Å². The zero-order chi connectivity index (χ0) is 16.1. The Labute approximate surface area is 126 Å². The summed E-state index contributed by atoms with van der Waals surface area (Å²) in [7, 11) is 0. The molecule has 0 aliphatic heterocycles. The van der Waals surface area contributed by atoms with E-state index in [-0.39, 0.29) is 11.6 Å². The molecule has 0 fully saturated rings. The smallest absolute Gasteiger partial charge is 0.275 e. The Morgan fingerprint density at radius 3 is 2.59 bits per heavy atom. The van der Waals surface area contributed by atoms with Gasteiger partial charge in [-0.25, -0.2) is 9.07 Å². The number of hydrogen-bond acceptors (Lipinski definition) is 4. The van der Waals surface area contributed by atoms with Crippen LogP contribution in [0.3, 0.4) is 0 Å². The van der Waals surface area contributed by atoms with Gasteiger partial charge in [0.2, 0.25) is 11.3 Å². The highest BCUT2D eigenvalue weighted by Crippen LogP contribution is 2.16. The van der Waals surface area contributed by atoms with Crippen LogP contribution in [0.2, 0.25) is 0 Å². The number of aromatic nitrogens is 2. The molecule has 0 spiro atoms. The van der Waals surface area contributed by atoms with E-state index >= 15 is 0 Å². The topological polar surface area (TPSA) is 73.2 Å². The van der Waals surface area contributed by atoms with E-state index in [2.05, 4.69) is 10.4 Å². The monoisotopic (exact) mass is 305 g/mol. The van der Waals surface area contributed by atoms with Gasteiger partial charge in [-0.3, -0.25) is 9.59 Å². The van der Waals surface area contributed by atoms with Crippen LogP contribution in [0.5, 0.6) is 5.88 Å². The molecule has 1 amide bonds. The fraction of sp³-hybridized carbons (Fsp3) is 0.267. The summed E-state index contributed by atoms with van der Waals surface area (Å²) in [5.41, 5.74) is -0.294. The summed E-state index contributed by atoms with van der Waals surface area (Å²) in [6.07, 6.45) is 0. The summed E-state index contributed by atoms with van der Waals surface area (Å²) in [4.78, 5) is 23.9. The van der Waals surface area contributed by atoms with Gasteiger partial charge in [-0.1, -0.05) is 0 Å². The Morgan fingerprint density at radius 2 is 2.00 bits per heavy atom. The maximum Gasteiger partial charge on any atom is 0.275 e. The first-order valence-electron chi connectivity index (χ1n) is 6.88. The average molecular weight is 305 g/mol. The lowest BCUT2D eigenvalue weighted by Gasteiger charge is -2.13. The summed E-state index contributed by atoms with van der Waals surface area (Å²) < 4.78 is 19.7. The van der Waals surface area contributed by atoms with Crippen molar-refractivity contribution >= 4 is 5.91 Å². The minimum Gasteiger partial charge on any atom is -0.478 e. The van der Waals surface area contributed by atoms with Crippen molar-refractivity contribution in [3.8, 4) is 11.6 Å². The second kappa shape index (κ2) is 6.84. The highest BCUT2D eigenvalue weighted by molar-refractivity contribution is 5.92. The fourth-order valence-corrected chi connectivity index (χ4v) is 1.86. The van der Waals surface area contributed by atoms with E-state index in [0.29, 0.717) is 18.8 Å². The van der Waals surface area contributed by atoms with Crippen molar-refractivity contribution in [1.29, 1.82) is 0 Å². The molecule has 22 heavy (non-hydrogen) atoms. The van der Waals surface area contributed by atoms with E-state index in [1.54, 1.807) is 13.8 Å². The van der Waals surface area contributed by atoms with Crippen LogP contribution in [0.15, 0.2) is 35.1 Å². The third-order valence-corrected chi connectivity index (χ3v) is 2.81. The number of ether oxygens (including phenoxy) is 1. The van der Waals surface area contributed by atoms with Crippen LogP contribution in [-0.2, 0) is 0 Å². The molecule has 1 heterocycles. The number of nitrogens with zero attached hydrogens (tertiary/aromatic N) is 2. The second-order valence-electron chi connectivity index (χ2n) is 4.38. The lowest BCUT2D eigenvalue weighted by atomic mass is 10.3. The molecule has 0 atom stereocenters. The molecular weight excluding hydrogens is 289 g/mol. The predicted molar refractivity (Wildman–Crippen MR) is 79.0 cm³/mol. The minimum atomic E-state index is -0.564. The van der Waals surface area contributed by atoms with Crippen molar-refractivity contribution in [2.24, 2.45) is 0 Å². The highest BCUT2D eigenvalue weighted by Gasteiger charge is 2.16.